The molecule has 1 aromatic carbocycles. The van der Waals surface area contributed by atoms with Crippen molar-refractivity contribution in [1.82, 2.24) is 10.3 Å². The summed E-state index contributed by atoms with van der Waals surface area (Å²) in [5.41, 5.74) is 0.266. The first kappa shape index (κ1) is 18.7. The minimum atomic E-state index is -1.06. The smallest absolute Gasteiger partial charge is 0.326 e. The maximum Gasteiger partial charge on any atom is 0.326 e. The number of nitrogens with one attached hydrogen (secondary N) is 1. The standard InChI is InChI=1S/C18H19ClN2O4/c1-11(2)9-15(18(23)24)21-17(22)12-3-4-16(14(19)10-12)25-13-5-7-20-8-6-13/h3-8,10-11,15H,9H2,1-2H3,(H,21,22)(H,23,24)/t15-/m1/s1. The molecule has 0 bridgehead atoms. The molecule has 2 rings (SSSR count). The van der Waals surface area contributed by atoms with Gasteiger partial charge in [0.2, 0.25) is 0 Å². The van der Waals surface area contributed by atoms with Crippen LogP contribution in [-0.2, 0) is 4.79 Å². The average molecular weight is 363 g/mol. The second-order valence-corrected chi connectivity index (χ2v) is 6.33. The largest absolute Gasteiger partial charge is 0.480 e. The van der Waals surface area contributed by atoms with Gasteiger partial charge in [0.1, 0.15) is 17.5 Å². The van der Waals surface area contributed by atoms with Gasteiger partial charge in [0.15, 0.2) is 0 Å². The summed E-state index contributed by atoms with van der Waals surface area (Å²) in [5, 5.41) is 12.0. The molecule has 1 aromatic heterocycles. The first-order valence-corrected chi connectivity index (χ1v) is 8.15. The Morgan fingerprint density at radius 2 is 1.92 bits per heavy atom. The lowest BCUT2D eigenvalue weighted by molar-refractivity contribution is -0.139. The minimum Gasteiger partial charge on any atom is -0.480 e. The van der Waals surface area contributed by atoms with E-state index >= 15 is 0 Å². The molecule has 0 spiro atoms. The normalized spacial score (nSPS) is 11.8. The second-order valence-electron chi connectivity index (χ2n) is 5.92. The Bertz CT molecular complexity index is 750. The Hall–Kier alpha value is -2.60. The van der Waals surface area contributed by atoms with Crippen molar-refractivity contribution in [2.45, 2.75) is 26.3 Å². The first-order chi connectivity index (χ1) is 11.9. The van der Waals surface area contributed by atoms with E-state index in [0.29, 0.717) is 17.9 Å². The van der Waals surface area contributed by atoms with Gasteiger partial charge in [-0.3, -0.25) is 9.78 Å². The Labute approximate surface area is 150 Å². The van der Waals surface area contributed by atoms with Crippen LogP contribution in [-0.4, -0.2) is 28.0 Å². The summed E-state index contributed by atoms with van der Waals surface area (Å²) < 4.78 is 5.62. The van der Waals surface area contributed by atoms with E-state index in [1.165, 1.54) is 12.1 Å². The van der Waals surface area contributed by atoms with Crippen LogP contribution in [0.15, 0.2) is 42.7 Å². The van der Waals surface area contributed by atoms with Crippen molar-refractivity contribution in [1.29, 1.82) is 0 Å². The summed E-state index contributed by atoms with van der Waals surface area (Å²) in [5.74, 6) is -0.462. The van der Waals surface area contributed by atoms with Gasteiger partial charge >= 0.3 is 5.97 Å². The molecular weight excluding hydrogens is 344 g/mol. The van der Waals surface area contributed by atoms with Crippen LogP contribution in [0.3, 0.4) is 0 Å². The van der Waals surface area contributed by atoms with Crippen molar-refractivity contribution in [3.63, 3.8) is 0 Å². The number of carboxylic acid groups (broad SMARTS) is 1. The third-order valence-corrected chi connectivity index (χ3v) is 3.68. The van der Waals surface area contributed by atoms with Gasteiger partial charge in [-0.25, -0.2) is 4.79 Å². The molecule has 2 N–H and O–H groups in total. The maximum atomic E-state index is 12.3. The zero-order valence-corrected chi connectivity index (χ0v) is 14.7. The molecule has 0 aliphatic carbocycles. The van der Waals surface area contributed by atoms with Crippen LogP contribution in [0.25, 0.3) is 0 Å². The van der Waals surface area contributed by atoms with E-state index in [1.54, 1.807) is 30.6 Å². The molecule has 0 fully saturated rings. The van der Waals surface area contributed by atoms with Crippen molar-refractivity contribution in [3.05, 3.63) is 53.3 Å². The molecule has 1 heterocycles. The Kier molecular flexibility index (Phi) is 6.36. The lowest BCUT2D eigenvalue weighted by atomic mass is 10.0. The van der Waals surface area contributed by atoms with Crippen LogP contribution in [0.2, 0.25) is 5.02 Å². The van der Waals surface area contributed by atoms with E-state index in [1.807, 2.05) is 13.8 Å². The average Bonchev–Trinajstić information content (AvgIpc) is 2.56. The molecule has 0 aliphatic heterocycles. The van der Waals surface area contributed by atoms with Gasteiger partial charge in [0.25, 0.3) is 5.91 Å². The molecule has 0 saturated heterocycles. The number of hydrogen-bond donors (Lipinski definition) is 2. The lowest BCUT2D eigenvalue weighted by Crippen LogP contribution is -2.41. The summed E-state index contributed by atoms with van der Waals surface area (Å²) in [6.07, 6.45) is 3.52. The molecule has 0 saturated carbocycles. The van der Waals surface area contributed by atoms with Crippen molar-refractivity contribution in [3.8, 4) is 11.5 Å². The summed E-state index contributed by atoms with van der Waals surface area (Å²) in [7, 11) is 0. The number of aliphatic carboxylic acids is 1. The summed E-state index contributed by atoms with van der Waals surface area (Å²) in [6, 6.07) is 6.96. The van der Waals surface area contributed by atoms with Gasteiger partial charge in [-0.15, -0.1) is 0 Å². The molecule has 7 heteroatoms. The number of halogens is 1. The minimum absolute atomic E-state index is 0.140. The number of amides is 1. The summed E-state index contributed by atoms with van der Waals surface area (Å²) in [4.78, 5) is 27.4. The van der Waals surface area contributed by atoms with Crippen LogP contribution in [0.5, 0.6) is 11.5 Å². The maximum absolute atomic E-state index is 12.3. The van der Waals surface area contributed by atoms with Crippen LogP contribution in [0.1, 0.15) is 30.6 Å². The number of ether oxygens (including phenoxy) is 1. The molecule has 1 atom stereocenters. The highest BCUT2D eigenvalue weighted by Gasteiger charge is 2.22. The van der Waals surface area contributed by atoms with Crippen molar-refractivity contribution in [2.75, 3.05) is 0 Å². The molecule has 132 valence electrons. The highest BCUT2D eigenvalue weighted by Crippen LogP contribution is 2.29. The fourth-order valence-corrected chi connectivity index (χ4v) is 2.41. The fourth-order valence-electron chi connectivity index (χ4n) is 2.19. The van der Waals surface area contributed by atoms with E-state index in [2.05, 4.69) is 10.3 Å². The van der Waals surface area contributed by atoms with Gasteiger partial charge in [-0.05, 0) is 42.7 Å². The first-order valence-electron chi connectivity index (χ1n) is 7.78. The molecular formula is C18H19ClN2O4. The van der Waals surface area contributed by atoms with Gasteiger partial charge in [-0.1, -0.05) is 25.4 Å². The summed E-state index contributed by atoms with van der Waals surface area (Å²) in [6.45, 7) is 3.79. The lowest BCUT2D eigenvalue weighted by Gasteiger charge is -2.17. The topological polar surface area (TPSA) is 88.5 Å². The van der Waals surface area contributed by atoms with Crippen molar-refractivity contribution in [2.24, 2.45) is 5.92 Å². The van der Waals surface area contributed by atoms with E-state index in [-0.39, 0.29) is 16.5 Å². The van der Waals surface area contributed by atoms with Gasteiger partial charge in [0, 0.05) is 18.0 Å². The summed E-state index contributed by atoms with van der Waals surface area (Å²) >= 11 is 6.17. The quantitative estimate of drug-likeness (QED) is 0.782. The van der Waals surface area contributed by atoms with Crippen LogP contribution >= 0.6 is 11.6 Å². The number of carbonyl (C=O) groups is 2. The number of carboxylic acids is 1. The Morgan fingerprint density at radius 1 is 1.24 bits per heavy atom. The number of carbonyl (C=O) groups excluding carboxylic acids is 1. The van der Waals surface area contributed by atoms with E-state index in [9.17, 15) is 14.7 Å². The Morgan fingerprint density at radius 3 is 2.48 bits per heavy atom. The predicted molar refractivity (Wildman–Crippen MR) is 94.1 cm³/mol. The number of rotatable bonds is 7. The molecule has 0 radical (unpaired) electrons. The highest BCUT2D eigenvalue weighted by molar-refractivity contribution is 6.32. The van der Waals surface area contributed by atoms with Gasteiger partial charge in [-0.2, -0.15) is 0 Å². The van der Waals surface area contributed by atoms with Gasteiger partial charge < -0.3 is 15.2 Å². The zero-order valence-electron chi connectivity index (χ0n) is 13.9. The molecule has 6 nitrogen and oxygen atoms in total. The van der Waals surface area contributed by atoms with Crippen molar-refractivity contribution < 1.29 is 19.4 Å². The van der Waals surface area contributed by atoms with Gasteiger partial charge in [0.05, 0.1) is 5.02 Å². The van der Waals surface area contributed by atoms with E-state index in [4.69, 9.17) is 16.3 Å². The third kappa shape index (κ3) is 5.46. The molecule has 1 amide bonds. The highest BCUT2D eigenvalue weighted by atomic mass is 35.5. The third-order valence-electron chi connectivity index (χ3n) is 3.38. The number of nitrogens with zero attached hydrogens (tertiary/aromatic N) is 1. The van der Waals surface area contributed by atoms with Crippen LogP contribution < -0.4 is 10.1 Å². The fraction of sp³-hybridized carbons (Fsp3) is 0.278. The van der Waals surface area contributed by atoms with E-state index < -0.39 is 17.9 Å². The number of aromatic nitrogens is 1. The molecule has 25 heavy (non-hydrogen) atoms. The molecule has 0 unspecified atom stereocenters. The Balaban J connectivity index is 2.10. The second kappa shape index (κ2) is 8.48. The zero-order chi connectivity index (χ0) is 18.4. The number of pyridine rings is 1. The number of hydrogen-bond acceptors (Lipinski definition) is 4. The number of benzene rings is 1. The SMILES string of the molecule is CC(C)C[C@@H](NC(=O)c1ccc(Oc2ccncc2)c(Cl)c1)C(=O)O. The van der Waals surface area contributed by atoms with E-state index in [0.717, 1.165) is 0 Å². The molecule has 2 aromatic rings. The van der Waals surface area contributed by atoms with Crippen molar-refractivity contribution >= 4 is 23.5 Å². The predicted octanol–water partition coefficient (Wildman–Crippen LogP) is 3.76. The monoisotopic (exact) mass is 362 g/mol. The molecule has 0 aliphatic rings. The van der Waals surface area contributed by atoms with Crippen LogP contribution in [0, 0.1) is 5.92 Å². The van der Waals surface area contributed by atoms with Crippen LogP contribution in [0.4, 0.5) is 0 Å².